The van der Waals surface area contributed by atoms with Crippen molar-refractivity contribution in [2.24, 2.45) is 4.99 Å². The van der Waals surface area contributed by atoms with Gasteiger partial charge >= 0.3 is 0 Å². The Balaban J connectivity index is 1.34. The maximum absolute atomic E-state index is 12.4. The van der Waals surface area contributed by atoms with Crippen LogP contribution in [-0.4, -0.2) is 64.5 Å². The lowest BCUT2D eigenvalue weighted by molar-refractivity contribution is -0.118. The Morgan fingerprint density at radius 2 is 2.03 bits per heavy atom. The van der Waals surface area contributed by atoms with Crippen LogP contribution in [0, 0.1) is 0 Å². The summed E-state index contributed by atoms with van der Waals surface area (Å²) in [5.74, 6) is 0.712. The van der Waals surface area contributed by atoms with E-state index in [0.29, 0.717) is 26.3 Å². The second-order valence-electron chi connectivity index (χ2n) is 7.39. The molecule has 0 saturated carbocycles. The van der Waals surface area contributed by atoms with E-state index in [4.69, 9.17) is 9.73 Å². The molecule has 2 aliphatic rings. The number of hydrogen-bond acceptors (Lipinski definition) is 6. The van der Waals surface area contributed by atoms with Crippen LogP contribution < -0.4 is 5.32 Å². The maximum atomic E-state index is 12.4. The maximum Gasteiger partial charge on any atom is 0.238 e. The van der Waals surface area contributed by atoms with Crippen molar-refractivity contribution in [1.29, 1.82) is 0 Å². The highest BCUT2D eigenvalue weighted by Crippen LogP contribution is 2.28. The molecule has 1 amide bonds. The molecule has 8 heteroatoms. The highest BCUT2D eigenvalue weighted by atomic mass is 16.5. The Morgan fingerprint density at radius 3 is 2.87 bits per heavy atom. The minimum absolute atomic E-state index is 0.0181. The van der Waals surface area contributed by atoms with Crippen LogP contribution >= 0.6 is 0 Å². The van der Waals surface area contributed by atoms with Crippen molar-refractivity contribution in [1.82, 2.24) is 20.1 Å². The average Bonchev–Trinajstić information content (AvgIpc) is 3.44. The molecular formula is C22H22N6O2. The number of anilines is 1. The first-order valence-electron chi connectivity index (χ1n) is 10.0. The topological polar surface area (TPSA) is 95.5 Å². The molecule has 1 fully saturated rings. The normalized spacial score (nSPS) is 16.2. The number of H-pyrrole nitrogens is 1. The van der Waals surface area contributed by atoms with E-state index in [-0.39, 0.29) is 5.91 Å². The van der Waals surface area contributed by atoms with Gasteiger partial charge in [-0.3, -0.25) is 19.8 Å². The molecule has 0 atom stereocenters. The predicted octanol–water partition coefficient (Wildman–Crippen LogP) is 2.09. The van der Waals surface area contributed by atoms with E-state index < -0.39 is 0 Å². The number of ether oxygens (including phenoxy) is 1. The summed E-state index contributed by atoms with van der Waals surface area (Å²) in [5.41, 5.74) is 5.91. The van der Waals surface area contributed by atoms with Crippen molar-refractivity contribution < 1.29 is 9.53 Å². The van der Waals surface area contributed by atoms with Gasteiger partial charge in [-0.1, -0.05) is 24.3 Å². The lowest BCUT2D eigenvalue weighted by Gasteiger charge is -2.25. The molecule has 0 aliphatic carbocycles. The van der Waals surface area contributed by atoms with E-state index in [2.05, 4.69) is 37.5 Å². The Morgan fingerprint density at radius 1 is 1.13 bits per heavy atom. The fourth-order valence-corrected chi connectivity index (χ4v) is 3.83. The minimum Gasteiger partial charge on any atom is -0.379 e. The van der Waals surface area contributed by atoms with Crippen molar-refractivity contribution >= 4 is 17.3 Å². The van der Waals surface area contributed by atoms with E-state index >= 15 is 0 Å². The average molecular weight is 402 g/mol. The number of fused-ring (bicyclic) bond motifs is 1. The van der Waals surface area contributed by atoms with Gasteiger partial charge in [-0.25, -0.2) is 4.98 Å². The van der Waals surface area contributed by atoms with Gasteiger partial charge < -0.3 is 10.1 Å². The van der Waals surface area contributed by atoms with Crippen LogP contribution in [0.15, 0.2) is 53.8 Å². The van der Waals surface area contributed by atoms with Crippen LogP contribution in [0.1, 0.15) is 16.7 Å². The van der Waals surface area contributed by atoms with E-state index in [1.807, 2.05) is 30.3 Å². The minimum atomic E-state index is -0.0181. The number of amides is 1. The van der Waals surface area contributed by atoms with Crippen molar-refractivity contribution in [3.8, 4) is 11.4 Å². The molecule has 0 bridgehead atoms. The van der Waals surface area contributed by atoms with Gasteiger partial charge in [0, 0.05) is 35.5 Å². The number of hydrogen-bond donors (Lipinski definition) is 2. The highest BCUT2D eigenvalue weighted by molar-refractivity contribution is 6.16. The number of aromatic amines is 1. The van der Waals surface area contributed by atoms with Gasteiger partial charge in [-0.15, -0.1) is 0 Å². The molecule has 152 valence electrons. The van der Waals surface area contributed by atoms with E-state index in [1.165, 1.54) is 11.9 Å². The Kier molecular flexibility index (Phi) is 5.08. The van der Waals surface area contributed by atoms with Gasteiger partial charge in [0.1, 0.15) is 6.33 Å². The predicted molar refractivity (Wildman–Crippen MR) is 113 cm³/mol. The molecule has 0 radical (unpaired) electrons. The smallest absolute Gasteiger partial charge is 0.238 e. The summed E-state index contributed by atoms with van der Waals surface area (Å²) in [7, 11) is 0. The molecule has 2 aromatic carbocycles. The quantitative estimate of drug-likeness (QED) is 0.681. The largest absolute Gasteiger partial charge is 0.379 e. The van der Waals surface area contributed by atoms with Crippen LogP contribution in [0.4, 0.5) is 5.69 Å². The molecule has 3 heterocycles. The van der Waals surface area contributed by atoms with Gasteiger partial charge in [0.25, 0.3) is 0 Å². The number of aliphatic imine (C=N–C) groups is 1. The number of morpholine rings is 1. The standard InChI is InChI=1S/C22H22N6O2/c29-20(13-28-6-8-30-9-7-28)26-18-3-1-2-15(10-18)21-19-11-16(22-24-14-25-27-22)4-5-17(19)12-23-21/h1-5,10-11,14H,6-9,12-13H2,(H,26,29)(H,24,25,27). The molecule has 2 aliphatic heterocycles. The van der Waals surface area contributed by atoms with Gasteiger partial charge in [0.05, 0.1) is 32.0 Å². The lowest BCUT2D eigenvalue weighted by atomic mass is 9.97. The number of nitrogens with zero attached hydrogens (tertiary/aromatic N) is 4. The third-order valence-electron chi connectivity index (χ3n) is 5.35. The number of benzene rings is 2. The van der Waals surface area contributed by atoms with E-state index in [1.54, 1.807) is 0 Å². The van der Waals surface area contributed by atoms with Gasteiger partial charge in [-0.05, 0) is 23.8 Å². The van der Waals surface area contributed by atoms with Crippen LogP contribution in [-0.2, 0) is 16.1 Å². The third kappa shape index (κ3) is 3.87. The summed E-state index contributed by atoms with van der Waals surface area (Å²) in [4.78, 5) is 23.5. The SMILES string of the molecule is O=C(CN1CCOCC1)Nc1cccc(C2=NCc3ccc(-c4ncn[nH]4)cc32)c1. The first-order valence-corrected chi connectivity index (χ1v) is 10.0. The second kappa shape index (κ2) is 8.17. The van der Waals surface area contributed by atoms with E-state index in [9.17, 15) is 4.79 Å². The molecule has 0 unspecified atom stereocenters. The Labute approximate surface area is 174 Å². The Bertz CT molecular complexity index is 1090. The summed E-state index contributed by atoms with van der Waals surface area (Å²) in [6.45, 7) is 3.95. The van der Waals surface area contributed by atoms with Crippen molar-refractivity contribution in [2.75, 3.05) is 38.2 Å². The number of rotatable bonds is 5. The molecule has 30 heavy (non-hydrogen) atoms. The molecule has 8 nitrogen and oxygen atoms in total. The van der Waals surface area contributed by atoms with E-state index in [0.717, 1.165) is 47.0 Å². The van der Waals surface area contributed by atoms with Crippen LogP contribution in [0.2, 0.25) is 0 Å². The molecule has 1 saturated heterocycles. The van der Waals surface area contributed by atoms with Crippen molar-refractivity contribution in [3.63, 3.8) is 0 Å². The summed E-state index contributed by atoms with van der Waals surface area (Å²) < 4.78 is 5.34. The highest BCUT2D eigenvalue weighted by Gasteiger charge is 2.20. The first-order chi connectivity index (χ1) is 14.8. The zero-order chi connectivity index (χ0) is 20.3. The molecule has 3 aromatic rings. The molecule has 2 N–H and O–H groups in total. The number of nitrogens with one attached hydrogen (secondary N) is 2. The lowest BCUT2D eigenvalue weighted by Crippen LogP contribution is -2.41. The fourth-order valence-electron chi connectivity index (χ4n) is 3.83. The third-order valence-corrected chi connectivity index (χ3v) is 5.35. The number of carbonyl (C=O) groups excluding carboxylic acids is 1. The molecule has 0 spiro atoms. The fraction of sp³-hybridized carbons (Fsp3) is 0.273. The van der Waals surface area contributed by atoms with Gasteiger partial charge in [-0.2, -0.15) is 5.10 Å². The van der Waals surface area contributed by atoms with Crippen LogP contribution in [0.25, 0.3) is 11.4 Å². The first kappa shape index (κ1) is 18.7. The summed E-state index contributed by atoms with van der Waals surface area (Å²) in [6, 6.07) is 14.0. The number of aromatic nitrogens is 3. The molecule has 1 aromatic heterocycles. The molecule has 5 rings (SSSR count). The summed E-state index contributed by atoms with van der Waals surface area (Å²) in [6.07, 6.45) is 1.50. The second-order valence-corrected chi connectivity index (χ2v) is 7.39. The zero-order valence-corrected chi connectivity index (χ0v) is 16.5. The van der Waals surface area contributed by atoms with Crippen LogP contribution in [0.5, 0.6) is 0 Å². The monoisotopic (exact) mass is 402 g/mol. The summed E-state index contributed by atoms with van der Waals surface area (Å²) in [5, 5.41) is 9.85. The summed E-state index contributed by atoms with van der Waals surface area (Å²) >= 11 is 0. The zero-order valence-electron chi connectivity index (χ0n) is 16.5. The van der Waals surface area contributed by atoms with Crippen molar-refractivity contribution in [3.05, 3.63) is 65.5 Å². The Hall–Kier alpha value is -3.36. The van der Waals surface area contributed by atoms with Gasteiger partial charge in [0.15, 0.2) is 5.82 Å². The van der Waals surface area contributed by atoms with Crippen LogP contribution in [0.3, 0.4) is 0 Å². The van der Waals surface area contributed by atoms with Gasteiger partial charge in [0.2, 0.25) is 5.91 Å². The van der Waals surface area contributed by atoms with Crippen molar-refractivity contribution in [2.45, 2.75) is 6.54 Å². The molecular weight excluding hydrogens is 380 g/mol. The number of carbonyl (C=O) groups is 1.